The number of rotatable bonds is 8. The molecule has 1 aliphatic carbocycles. The highest BCUT2D eigenvalue weighted by molar-refractivity contribution is 6.47. The molecule has 3 rings (SSSR count). The van der Waals surface area contributed by atoms with Crippen molar-refractivity contribution >= 4 is 40.7 Å². The van der Waals surface area contributed by atoms with Crippen LogP contribution in [0.2, 0.25) is 5.02 Å². The van der Waals surface area contributed by atoms with Gasteiger partial charge in [-0.1, -0.05) is 11.6 Å². The second kappa shape index (κ2) is 10.6. The molecule has 33 heavy (non-hydrogen) atoms. The quantitative estimate of drug-likeness (QED) is 0.447. The number of nitrogens with one attached hydrogen (secondary N) is 3. The minimum absolute atomic E-state index is 0.0731. The van der Waals surface area contributed by atoms with E-state index in [1.54, 1.807) is 6.92 Å². The van der Waals surface area contributed by atoms with Gasteiger partial charge in [0.25, 0.3) is 5.91 Å². The van der Waals surface area contributed by atoms with E-state index in [2.05, 4.69) is 20.9 Å². The second-order valence-electron chi connectivity index (χ2n) is 8.51. The Labute approximate surface area is 196 Å². The van der Waals surface area contributed by atoms with Crippen molar-refractivity contribution in [2.75, 3.05) is 25.7 Å². The summed E-state index contributed by atoms with van der Waals surface area (Å²) in [4.78, 5) is 42.5. The molecular weight excluding hydrogens is 453 g/mol. The van der Waals surface area contributed by atoms with Crippen molar-refractivity contribution in [3.63, 3.8) is 0 Å². The Balaban J connectivity index is 1.68. The Morgan fingerprint density at radius 2 is 2.03 bits per heavy atom. The molecule has 3 amide bonds. The summed E-state index contributed by atoms with van der Waals surface area (Å²) in [5.41, 5.74) is 4.82. The number of amides is 3. The normalized spacial score (nSPS) is 25.8. The summed E-state index contributed by atoms with van der Waals surface area (Å²) < 4.78 is 18.3. The molecule has 0 aromatic heterocycles. The summed E-state index contributed by atoms with van der Waals surface area (Å²) in [5, 5.41) is 8.70. The number of halogens is 2. The van der Waals surface area contributed by atoms with Crippen LogP contribution in [0.4, 0.5) is 10.1 Å². The molecule has 5 N–H and O–H groups in total. The zero-order chi connectivity index (χ0) is 24.2. The first-order chi connectivity index (χ1) is 15.7. The lowest BCUT2D eigenvalue weighted by molar-refractivity contribution is -0.126. The lowest BCUT2D eigenvalue weighted by atomic mass is 9.69. The molecule has 0 spiro atoms. The van der Waals surface area contributed by atoms with Crippen LogP contribution in [-0.4, -0.2) is 55.4 Å². The van der Waals surface area contributed by atoms with E-state index >= 15 is 0 Å². The molecule has 0 radical (unpaired) electrons. The van der Waals surface area contributed by atoms with Crippen LogP contribution in [0.25, 0.3) is 0 Å². The number of primary amides is 1. The Hall–Kier alpha value is -2.56. The number of carbonyl (C=O) groups is 3. The van der Waals surface area contributed by atoms with Crippen LogP contribution >= 0.6 is 11.6 Å². The fourth-order valence-electron chi connectivity index (χ4n) is 4.64. The lowest BCUT2D eigenvalue weighted by Crippen LogP contribution is -2.66. The number of ether oxygens (including phenoxy) is 1. The van der Waals surface area contributed by atoms with Gasteiger partial charge in [0, 0.05) is 19.1 Å². The molecule has 2 unspecified atom stereocenters. The maximum absolute atomic E-state index is 13.2. The first kappa shape index (κ1) is 25.1. The Bertz CT molecular complexity index is 951. The van der Waals surface area contributed by atoms with Gasteiger partial charge in [-0.2, -0.15) is 0 Å². The van der Waals surface area contributed by atoms with Gasteiger partial charge in [-0.25, -0.2) is 4.39 Å². The molecule has 1 aromatic carbocycles. The van der Waals surface area contributed by atoms with Crippen LogP contribution in [0.5, 0.6) is 0 Å². The van der Waals surface area contributed by atoms with Crippen LogP contribution in [0.1, 0.15) is 32.6 Å². The van der Waals surface area contributed by atoms with Crippen LogP contribution in [0.15, 0.2) is 23.2 Å². The molecule has 180 valence electrons. The summed E-state index contributed by atoms with van der Waals surface area (Å²) in [6, 6.07) is 3.50. The Morgan fingerprint density at radius 1 is 1.33 bits per heavy atom. The highest BCUT2D eigenvalue weighted by Crippen LogP contribution is 2.38. The zero-order valence-electron chi connectivity index (χ0n) is 18.6. The van der Waals surface area contributed by atoms with Gasteiger partial charge in [0.1, 0.15) is 17.1 Å². The highest BCUT2D eigenvalue weighted by Gasteiger charge is 2.54. The maximum Gasteiger partial charge on any atom is 0.268 e. The number of hydrogen-bond acceptors (Lipinski definition) is 6. The van der Waals surface area contributed by atoms with E-state index in [4.69, 9.17) is 22.1 Å². The summed E-state index contributed by atoms with van der Waals surface area (Å²) in [5.74, 6) is -2.46. The molecule has 0 bridgehead atoms. The van der Waals surface area contributed by atoms with E-state index in [-0.39, 0.29) is 41.2 Å². The molecule has 2 aliphatic rings. The van der Waals surface area contributed by atoms with Gasteiger partial charge >= 0.3 is 0 Å². The maximum atomic E-state index is 13.2. The molecule has 1 aromatic rings. The third-order valence-corrected chi connectivity index (χ3v) is 6.58. The lowest BCUT2D eigenvalue weighted by Gasteiger charge is -2.39. The van der Waals surface area contributed by atoms with Crippen molar-refractivity contribution in [3.8, 4) is 0 Å². The topological polar surface area (TPSA) is 135 Å². The van der Waals surface area contributed by atoms with Crippen LogP contribution in [0.3, 0.4) is 0 Å². The van der Waals surface area contributed by atoms with E-state index in [9.17, 15) is 18.8 Å². The number of methoxy groups -OCH3 is 1. The third-order valence-electron chi connectivity index (χ3n) is 6.27. The molecular formula is C22H29ClFN5O4. The SMILES string of the molecule is COCC(C)NC(=O)C1=NCNC1(C(N)=O)C1CCC(C(=O)Nc2ccc(F)cc2Cl)CC1. The van der Waals surface area contributed by atoms with Gasteiger partial charge in [0.05, 0.1) is 24.0 Å². The Morgan fingerprint density at radius 3 is 2.64 bits per heavy atom. The number of nitrogens with zero attached hydrogens (tertiary/aromatic N) is 1. The van der Waals surface area contributed by atoms with Gasteiger partial charge < -0.3 is 21.1 Å². The predicted octanol–water partition coefficient (Wildman–Crippen LogP) is 1.60. The summed E-state index contributed by atoms with van der Waals surface area (Å²) in [6.45, 7) is 2.20. The third kappa shape index (κ3) is 5.34. The van der Waals surface area contributed by atoms with E-state index in [0.29, 0.717) is 38.0 Å². The number of aliphatic imine (C=N–C) groups is 1. The van der Waals surface area contributed by atoms with Crippen LogP contribution in [0, 0.1) is 17.7 Å². The van der Waals surface area contributed by atoms with E-state index in [0.717, 1.165) is 6.07 Å². The van der Waals surface area contributed by atoms with Gasteiger partial charge in [-0.3, -0.25) is 24.7 Å². The molecule has 1 fully saturated rings. The summed E-state index contributed by atoms with van der Waals surface area (Å²) in [7, 11) is 1.53. The van der Waals surface area contributed by atoms with Crippen molar-refractivity contribution in [3.05, 3.63) is 29.0 Å². The number of nitrogens with two attached hydrogens (primary N) is 1. The molecule has 1 saturated carbocycles. The van der Waals surface area contributed by atoms with Crippen molar-refractivity contribution in [1.82, 2.24) is 10.6 Å². The molecule has 9 nitrogen and oxygen atoms in total. The molecule has 11 heteroatoms. The van der Waals surface area contributed by atoms with E-state index in [1.807, 2.05) is 0 Å². The standard InChI is InChI=1S/C22H29ClFN5O4/c1-12(10-33-2)28-20(31)18-22(21(25)32,27-11-26-18)14-5-3-13(4-6-14)19(30)29-17-8-7-15(24)9-16(17)23/h7-9,12-14,27H,3-6,10-11H2,1-2H3,(H2,25,32)(H,28,31)(H,29,30). The number of anilines is 1. The van der Waals surface area contributed by atoms with Crippen molar-refractivity contribution in [2.24, 2.45) is 22.6 Å². The summed E-state index contributed by atoms with van der Waals surface area (Å²) >= 11 is 6.00. The van der Waals surface area contributed by atoms with Crippen molar-refractivity contribution in [1.29, 1.82) is 0 Å². The molecule has 1 aliphatic heterocycles. The molecule has 1 heterocycles. The largest absolute Gasteiger partial charge is 0.383 e. The minimum Gasteiger partial charge on any atom is -0.383 e. The average molecular weight is 482 g/mol. The number of benzene rings is 1. The number of hydrogen-bond donors (Lipinski definition) is 4. The monoisotopic (exact) mass is 481 g/mol. The number of carbonyl (C=O) groups excluding carboxylic acids is 3. The van der Waals surface area contributed by atoms with Gasteiger partial charge in [0.15, 0.2) is 0 Å². The van der Waals surface area contributed by atoms with Gasteiger partial charge in [-0.05, 0) is 56.7 Å². The predicted molar refractivity (Wildman–Crippen MR) is 122 cm³/mol. The molecule has 0 saturated heterocycles. The van der Waals surface area contributed by atoms with Crippen molar-refractivity contribution in [2.45, 2.75) is 44.2 Å². The highest BCUT2D eigenvalue weighted by atomic mass is 35.5. The minimum atomic E-state index is -1.39. The fraction of sp³-hybridized carbons (Fsp3) is 0.545. The van der Waals surface area contributed by atoms with Crippen molar-refractivity contribution < 1.29 is 23.5 Å². The summed E-state index contributed by atoms with van der Waals surface area (Å²) in [6.07, 6.45) is 1.96. The molecule has 2 atom stereocenters. The smallest absolute Gasteiger partial charge is 0.268 e. The Kier molecular flexibility index (Phi) is 8.04. The van der Waals surface area contributed by atoms with Gasteiger partial charge in [-0.15, -0.1) is 0 Å². The van der Waals surface area contributed by atoms with Gasteiger partial charge in [0.2, 0.25) is 11.8 Å². The zero-order valence-corrected chi connectivity index (χ0v) is 19.4. The van der Waals surface area contributed by atoms with Crippen LogP contribution < -0.4 is 21.7 Å². The first-order valence-electron chi connectivity index (χ1n) is 10.8. The van der Waals surface area contributed by atoms with E-state index in [1.165, 1.54) is 19.2 Å². The van der Waals surface area contributed by atoms with Crippen LogP contribution in [-0.2, 0) is 19.1 Å². The average Bonchev–Trinajstić information content (AvgIpc) is 3.22. The fourth-order valence-corrected chi connectivity index (χ4v) is 4.86. The second-order valence-corrected chi connectivity index (χ2v) is 8.91. The van der Waals surface area contributed by atoms with E-state index < -0.39 is 23.2 Å². The first-order valence-corrected chi connectivity index (χ1v) is 11.2.